The minimum absolute atomic E-state index is 0.200. The van der Waals surface area contributed by atoms with E-state index >= 15 is 0 Å². The third kappa shape index (κ3) is 8.70. The van der Waals surface area contributed by atoms with Crippen LogP contribution < -0.4 is 0 Å². The number of nitrogens with zero attached hydrogens (tertiary/aromatic N) is 2. The summed E-state index contributed by atoms with van der Waals surface area (Å²) in [6, 6.07) is 2.31. The lowest BCUT2D eigenvalue weighted by Gasteiger charge is -2.25. The standard InChI is InChI=1S/C13H26N2O/c1-12(2,10-14)8-6-7-9-15(5)11-13(3,4)16/h16H,6-9,11H2,1-5H3. The molecular weight excluding hydrogens is 200 g/mol. The van der Waals surface area contributed by atoms with Crippen LogP contribution in [-0.4, -0.2) is 35.7 Å². The van der Waals surface area contributed by atoms with Crippen molar-refractivity contribution < 1.29 is 5.11 Å². The number of hydrogen-bond acceptors (Lipinski definition) is 3. The molecule has 0 atom stereocenters. The van der Waals surface area contributed by atoms with Gasteiger partial charge in [0.05, 0.1) is 17.1 Å². The molecule has 0 fully saturated rings. The molecule has 0 aromatic carbocycles. The van der Waals surface area contributed by atoms with Crippen LogP contribution in [0.15, 0.2) is 0 Å². The van der Waals surface area contributed by atoms with Crippen LogP contribution in [-0.2, 0) is 0 Å². The number of aliphatic hydroxyl groups is 1. The lowest BCUT2D eigenvalue weighted by molar-refractivity contribution is 0.0440. The summed E-state index contributed by atoms with van der Waals surface area (Å²) >= 11 is 0. The Bertz CT molecular complexity index is 235. The van der Waals surface area contributed by atoms with Crippen LogP contribution in [0.4, 0.5) is 0 Å². The van der Waals surface area contributed by atoms with E-state index in [2.05, 4.69) is 11.0 Å². The summed E-state index contributed by atoms with van der Waals surface area (Å²) in [5.41, 5.74) is -0.824. The van der Waals surface area contributed by atoms with Crippen LogP contribution in [0.2, 0.25) is 0 Å². The first-order valence-corrected chi connectivity index (χ1v) is 5.98. The molecule has 1 N–H and O–H groups in total. The highest BCUT2D eigenvalue weighted by atomic mass is 16.3. The van der Waals surface area contributed by atoms with Gasteiger partial charge in [-0.2, -0.15) is 5.26 Å². The van der Waals surface area contributed by atoms with E-state index in [1.54, 1.807) is 0 Å². The Hall–Kier alpha value is -0.590. The maximum Gasteiger partial charge on any atom is 0.0718 e. The van der Waals surface area contributed by atoms with Crippen molar-refractivity contribution in [3.05, 3.63) is 0 Å². The molecule has 0 aliphatic rings. The van der Waals surface area contributed by atoms with Crippen LogP contribution in [0.5, 0.6) is 0 Å². The normalized spacial score (nSPS) is 12.9. The van der Waals surface area contributed by atoms with E-state index < -0.39 is 5.60 Å². The molecule has 0 amide bonds. The summed E-state index contributed by atoms with van der Waals surface area (Å²) in [5.74, 6) is 0. The Labute approximate surface area is 100 Å². The first-order valence-electron chi connectivity index (χ1n) is 5.98. The van der Waals surface area contributed by atoms with Gasteiger partial charge < -0.3 is 10.0 Å². The summed E-state index contributed by atoms with van der Waals surface area (Å²) in [4.78, 5) is 2.14. The molecule has 0 radical (unpaired) electrons. The van der Waals surface area contributed by atoms with Gasteiger partial charge in [0.15, 0.2) is 0 Å². The maximum atomic E-state index is 9.63. The van der Waals surface area contributed by atoms with Gasteiger partial charge in [-0.25, -0.2) is 0 Å². The Morgan fingerprint density at radius 2 is 1.75 bits per heavy atom. The summed E-state index contributed by atoms with van der Waals surface area (Å²) in [6.45, 7) is 9.27. The molecule has 0 saturated heterocycles. The average molecular weight is 226 g/mol. The first kappa shape index (κ1) is 15.4. The number of hydrogen-bond donors (Lipinski definition) is 1. The Morgan fingerprint density at radius 1 is 1.19 bits per heavy atom. The molecule has 0 saturated carbocycles. The van der Waals surface area contributed by atoms with Gasteiger partial charge in [-0.15, -0.1) is 0 Å². The smallest absolute Gasteiger partial charge is 0.0718 e. The molecule has 0 aliphatic carbocycles. The summed E-state index contributed by atoms with van der Waals surface area (Å²) in [7, 11) is 2.02. The highest BCUT2D eigenvalue weighted by Crippen LogP contribution is 2.21. The highest BCUT2D eigenvalue weighted by molar-refractivity contribution is 4.91. The van der Waals surface area contributed by atoms with Crippen molar-refractivity contribution in [2.45, 2.75) is 52.6 Å². The van der Waals surface area contributed by atoms with Crippen molar-refractivity contribution in [1.29, 1.82) is 5.26 Å². The third-order valence-electron chi connectivity index (χ3n) is 2.55. The Morgan fingerprint density at radius 3 is 2.19 bits per heavy atom. The van der Waals surface area contributed by atoms with Crippen molar-refractivity contribution in [3.63, 3.8) is 0 Å². The van der Waals surface area contributed by atoms with Crippen molar-refractivity contribution in [2.75, 3.05) is 20.1 Å². The third-order valence-corrected chi connectivity index (χ3v) is 2.55. The lowest BCUT2D eigenvalue weighted by Crippen LogP contribution is -2.36. The second-order valence-electron chi connectivity index (χ2n) is 6.00. The zero-order chi connectivity index (χ0) is 12.8. The molecule has 0 aliphatic heterocycles. The van der Waals surface area contributed by atoms with Crippen LogP contribution in [0.25, 0.3) is 0 Å². The lowest BCUT2D eigenvalue weighted by atomic mass is 9.89. The molecule has 0 unspecified atom stereocenters. The number of likely N-dealkylation sites (N-methyl/N-ethyl adjacent to an activating group) is 1. The van der Waals surface area contributed by atoms with Crippen LogP contribution in [0, 0.1) is 16.7 Å². The average Bonchev–Trinajstić information content (AvgIpc) is 2.10. The van der Waals surface area contributed by atoms with E-state index in [1.165, 1.54) is 0 Å². The van der Waals surface area contributed by atoms with Crippen molar-refractivity contribution >= 4 is 0 Å². The fourth-order valence-electron chi connectivity index (χ4n) is 1.74. The fourth-order valence-corrected chi connectivity index (χ4v) is 1.74. The fraction of sp³-hybridized carbons (Fsp3) is 0.923. The van der Waals surface area contributed by atoms with E-state index in [-0.39, 0.29) is 5.41 Å². The SMILES string of the molecule is CN(CCCCC(C)(C)C#N)CC(C)(C)O. The van der Waals surface area contributed by atoms with E-state index in [9.17, 15) is 5.11 Å². The molecule has 3 nitrogen and oxygen atoms in total. The van der Waals surface area contributed by atoms with Gasteiger partial charge in [0.25, 0.3) is 0 Å². The number of nitriles is 1. The Balaban J connectivity index is 3.65. The van der Waals surface area contributed by atoms with Gasteiger partial charge in [-0.3, -0.25) is 0 Å². The minimum atomic E-state index is -0.624. The van der Waals surface area contributed by atoms with Gasteiger partial charge in [0.1, 0.15) is 0 Å². The largest absolute Gasteiger partial charge is 0.389 e. The maximum absolute atomic E-state index is 9.63. The first-order chi connectivity index (χ1) is 7.16. The van der Waals surface area contributed by atoms with Gasteiger partial charge in [0, 0.05) is 6.54 Å². The highest BCUT2D eigenvalue weighted by Gasteiger charge is 2.17. The molecule has 3 heteroatoms. The van der Waals surface area contributed by atoms with Gasteiger partial charge >= 0.3 is 0 Å². The predicted molar refractivity (Wildman–Crippen MR) is 67.0 cm³/mol. The molecule has 94 valence electrons. The van der Waals surface area contributed by atoms with Crippen LogP contribution in [0.1, 0.15) is 47.0 Å². The molecule has 0 heterocycles. The molecule has 0 bridgehead atoms. The second kappa shape index (κ2) is 6.22. The van der Waals surface area contributed by atoms with Gasteiger partial charge in [-0.1, -0.05) is 6.42 Å². The molecule has 0 aromatic heterocycles. The zero-order valence-corrected chi connectivity index (χ0v) is 11.4. The van der Waals surface area contributed by atoms with Crippen LogP contribution in [0.3, 0.4) is 0 Å². The second-order valence-corrected chi connectivity index (χ2v) is 6.00. The number of rotatable bonds is 7. The Kier molecular flexibility index (Phi) is 5.99. The molecule has 16 heavy (non-hydrogen) atoms. The van der Waals surface area contributed by atoms with E-state index in [1.807, 2.05) is 34.7 Å². The van der Waals surface area contributed by atoms with Gasteiger partial charge in [0.2, 0.25) is 0 Å². The minimum Gasteiger partial charge on any atom is -0.389 e. The monoisotopic (exact) mass is 226 g/mol. The van der Waals surface area contributed by atoms with E-state index in [0.717, 1.165) is 25.8 Å². The van der Waals surface area contributed by atoms with E-state index in [4.69, 9.17) is 5.26 Å². The van der Waals surface area contributed by atoms with Crippen molar-refractivity contribution in [2.24, 2.45) is 5.41 Å². The predicted octanol–water partition coefficient (Wildman–Crippen LogP) is 2.41. The molecule has 0 spiro atoms. The van der Waals surface area contributed by atoms with Crippen molar-refractivity contribution in [3.8, 4) is 6.07 Å². The van der Waals surface area contributed by atoms with E-state index in [0.29, 0.717) is 6.54 Å². The number of unbranched alkanes of at least 4 members (excludes halogenated alkanes) is 1. The topological polar surface area (TPSA) is 47.3 Å². The quantitative estimate of drug-likeness (QED) is 0.678. The van der Waals surface area contributed by atoms with Gasteiger partial charge in [-0.05, 0) is 54.1 Å². The summed E-state index contributed by atoms with van der Waals surface area (Å²) in [5, 5.41) is 18.5. The zero-order valence-electron chi connectivity index (χ0n) is 11.4. The van der Waals surface area contributed by atoms with Crippen molar-refractivity contribution in [1.82, 2.24) is 4.90 Å². The molecule has 0 aromatic rings. The molecular formula is C13H26N2O. The van der Waals surface area contributed by atoms with Crippen LogP contribution >= 0.6 is 0 Å². The molecule has 0 rings (SSSR count). The summed E-state index contributed by atoms with van der Waals surface area (Å²) in [6.07, 6.45) is 3.09. The summed E-state index contributed by atoms with van der Waals surface area (Å²) < 4.78 is 0.